The van der Waals surface area contributed by atoms with Gasteiger partial charge in [0, 0.05) is 23.5 Å². The average molecular weight is 343 g/mol. The van der Waals surface area contributed by atoms with Gasteiger partial charge in [-0.15, -0.1) is 0 Å². The number of likely N-dealkylation sites (N-methyl/N-ethyl adjacent to an activating group) is 1. The second-order valence-electron chi connectivity index (χ2n) is 7.24. The van der Waals surface area contributed by atoms with Crippen LogP contribution in [0.25, 0.3) is 10.9 Å². The van der Waals surface area contributed by atoms with Crippen LogP contribution in [0.5, 0.6) is 0 Å². The molecule has 2 N–H and O–H groups in total. The molecule has 1 aliphatic rings. The minimum absolute atomic E-state index is 0.0539. The van der Waals surface area contributed by atoms with Crippen LogP contribution in [0.2, 0.25) is 0 Å². The highest BCUT2D eigenvalue weighted by molar-refractivity contribution is 6.03. The fraction of sp³-hybridized carbons (Fsp3) is 0.474. The van der Waals surface area contributed by atoms with E-state index < -0.39 is 12.0 Å². The Balaban J connectivity index is 2.04. The summed E-state index contributed by atoms with van der Waals surface area (Å²) < 4.78 is 0. The molecule has 2 heterocycles. The molecule has 1 aromatic carbocycles. The normalized spacial score (nSPS) is 20.6. The number of H-pyrrole nitrogens is 1. The van der Waals surface area contributed by atoms with Gasteiger partial charge in [0.15, 0.2) is 0 Å². The van der Waals surface area contributed by atoms with Gasteiger partial charge in [0.25, 0.3) is 5.91 Å². The summed E-state index contributed by atoms with van der Waals surface area (Å²) in [5, 5.41) is 10.6. The molecule has 2 atom stereocenters. The lowest BCUT2D eigenvalue weighted by Gasteiger charge is -2.22. The molecule has 6 nitrogen and oxygen atoms in total. The van der Waals surface area contributed by atoms with Crippen molar-refractivity contribution in [3.05, 3.63) is 34.5 Å². The van der Waals surface area contributed by atoms with Crippen molar-refractivity contribution in [2.75, 3.05) is 20.6 Å². The van der Waals surface area contributed by atoms with E-state index in [1.807, 2.05) is 51.9 Å². The molecule has 1 saturated heterocycles. The van der Waals surface area contributed by atoms with Crippen molar-refractivity contribution < 1.29 is 14.7 Å². The summed E-state index contributed by atoms with van der Waals surface area (Å²) in [5.74, 6) is -1.18. The van der Waals surface area contributed by atoms with E-state index in [-0.39, 0.29) is 11.9 Å². The number of carboxylic acids is 1. The Morgan fingerprint density at radius 1 is 1.20 bits per heavy atom. The highest BCUT2D eigenvalue weighted by Gasteiger charge is 2.41. The molecule has 0 bridgehead atoms. The maximum absolute atomic E-state index is 13.2. The van der Waals surface area contributed by atoms with Crippen molar-refractivity contribution >= 4 is 22.8 Å². The monoisotopic (exact) mass is 343 g/mol. The Bertz CT molecular complexity index is 853. The molecule has 25 heavy (non-hydrogen) atoms. The number of aryl methyl sites for hydroxylation is 3. The maximum Gasteiger partial charge on any atom is 0.326 e. The lowest BCUT2D eigenvalue weighted by Crippen LogP contribution is -2.41. The Labute approximate surface area is 147 Å². The highest BCUT2D eigenvalue weighted by atomic mass is 16.4. The number of carbonyl (C=O) groups excluding carboxylic acids is 1. The van der Waals surface area contributed by atoms with Crippen LogP contribution in [-0.4, -0.2) is 64.5 Å². The van der Waals surface area contributed by atoms with Crippen LogP contribution in [-0.2, 0) is 4.79 Å². The first-order valence-electron chi connectivity index (χ1n) is 8.51. The van der Waals surface area contributed by atoms with Crippen molar-refractivity contribution in [2.24, 2.45) is 0 Å². The van der Waals surface area contributed by atoms with Gasteiger partial charge >= 0.3 is 5.97 Å². The molecular formula is C19H25N3O3. The number of nitrogens with zero attached hydrogens (tertiary/aromatic N) is 2. The zero-order valence-electron chi connectivity index (χ0n) is 15.4. The minimum atomic E-state index is -0.946. The number of benzene rings is 1. The summed E-state index contributed by atoms with van der Waals surface area (Å²) in [5.41, 5.74) is 4.52. The molecule has 3 rings (SSSR count). The third-order valence-corrected chi connectivity index (χ3v) is 5.39. The first-order chi connectivity index (χ1) is 11.7. The second kappa shape index (κ2) is 6.19. The fourth-order valence-corrected chi connectivity index (χ4v) is 3.80. The molecule has 0 unspecified atom stereocenters. The molecule has 1 aliphatic heterocycles. The number of carboxylic acid groups (broad SMARTS) is 1. The summed E-state index contributed by atoms with van der Waals surface area (Å²) in [6.07, 6.45) is 0.450. The van der Waals surface area contributed by atoms with E-state index in [0.29, 0.717) is 18.7 Å². The van der Waals surface area contributed by atoms with Crippen molar-refractivity contribution in [3.8, 4) is 0 Å². The minimum Gasteiger partial charge on any atom is -0.480 e. The number of fused-ring (bicyclic) bond motifs is 1. The number of carbonyl (C=O) groups is 2. The van der Waals surface area contributed by atoms with Crippen LogP contribution in [0.15, 0.2) is 12.1 Å². The molecule has 0 aliphatic carbocycles. The zero-order valence-corrected chi connectivity index (χ0v) is 15.4. The van der Waals surface area contributed by atoms with Crippen LogP contribution in [0, 0.1) is 20.8 Å². The fourth-order valence-electron chi connectivity index (χ4n) is 3.80. The van der Waals surface area contributed by atoms with Crippen LogP contribution < -0.4 is 0 Å². The Morgan fingerprint density at radius 3 is 2.40 bits per heavy atom. The van der Waals surface area contributed by atoms with Gasteiger partial charge in [-0.05, 0) is 58.0 Å². The van der Waals surface area contributed by atoms with Gasteiger partial charge in [0.2, 0.25) is 0 Å². The van der Waals surface area contributed by atoms with Crippen molar-refractivity contribution in [1.82, 2.24) is 14.8 Å². The number of nitrogens with one attached hydrogen (secondary N) is 1. The summed E-state index contributed by atoms with van der Waals surface area (Å²) in [7, 11) is 3.83. The van der Waals surface area contributed by atoms with E-state index in [1.54, 1.807) is 0 Å². The van der Waals surface area contributed by atoms with Gasteiger partial charge in [-0.3, -0.25) is 4.79 Å². The summed E-state index contributed by atoms with van der Waals surface area (Å²) in [6, 6.07) is 3.34. The molecule has 1 fully saturated rings. The van der Waals surface area contributed by atoms with E-state index in [2.05, 4.69) is 4.98 Å². The van der Waals surface area contributed by atoms with Crippen LogP contribution in [0.1, 0.15) is 33.6 Å². The van der Waals surface area contributed by atoms with Crippen molar-refractivity contribution in [1.29, 1.82) is 0 Å². The Hall–Kier alpha value is -2.34. The lowest BCUT2D eigenvalue weighted by molar-refractivity contribution is -0.141. The quantitative estimate of drug-likeness (QED) is 0.897. The SMILES string of the molecule is Cc1ccc(C)c2c(C)c(C(=O)N3C[C@H](N(C)C)C[C@H]3C(=O)O)[nH]c12. The van der Waals surface area contributed by atoms with Gasteiger partial charge in [-0.1, -0.05) is 12.1 Å². The van der Waals surface area contributed by atoms with Crippen LogP contribution in [0.3, 0.4) is 0 Å². The van der Waals surface area contributed by atoms with E-state index in [1.165, 1.54) is 4.90 Å². The zero-order chi connectivity index (χ0) is 18.5. The van der Waals surface area contributed by atoms with Gasteiger partial charge in [0.05, 0.1) is 0 Å². The molecule has 0 saturated carbocycles. The third kappa shape index (κ3) is 2.80. The molecule has 1 amide bonds. The average Bonchev–Trinajstić information content (AvgIpc) is 3.13. The number of aromatic amines is 1. The topological polar surface area (TPSA) is 76.6 Å². The Kier molecular flexibility index (Phi) is 4.33. The van der Waals surface area contributed by atoms with E-state index >= 15 is 0 Å². The van der Waals surface area contributed by atoms with Crippen LogP contribution in [0.4, 0.5) is 0 Å². The lowest BCUT2D eigenvalue weighted by atomic mass is 10.0. The molecule has 0 spiro atoms. The summed E-state index contributed by atoms with van der Waals surface area (Å²) in [6.45, 7) is 6.38. The van der Waals surface area contributed by atoms with Gasteiger partial charge in [0.1, 0.15) is 11.7 Å². The predicted molar refractivity (Wildman–Crippen MR) is 97.1 cm³/mol. The van der Waals surface area contributed by atoms with Crippen LogP contribution >= 0.6 is 0 Å². The first kappa shape index (κ1) is 17.5. The number of amides is 1. The number of rotatable bonds is 3. The number of likely N-dealkylation sites (tertiary alicyclic amines) is 1. The standard InChI is InChI=1S/C19H25N3O3/c1-10-6-7-11(2)16-15(10)12(3)17(20-16)18(23)22-9-13(21(4)5)8-14(22)19(24)25/h6-7,13-14,20H,8-9H2,1-5H3,(H,24,25)/t13-,14+/m1/s1. The third-order valence-electron chi connectivity index (χ3n) is 5.39. The van der Waals surface area contributed by atoms with E-state index in [4.69, 9.17) is 0 Å². The number of hydrogen-bond donors (Lipinski definition) is 2. The predicted octanol–water partition coefficient (Wildman–Crippen LogP) is 2.32. The molecule has 0 radical (unpaired) electrons. The number of aromatic nitrogens is 1. The van der Waals surface area contributed by atoms with Crippen molar-refractivity contribution in [2.45, 2.75) is 39.3 Å². The summed E-state index contributed by atoms with van der Waals surface area (Å²) >= 11 is 0. The van der Waals surface area contributed by atoms with Crippen molar-refractivity contribution in [3.63, 3.8) is 0 Å². The van der Waals surface area contributed by atoms with E-state index in [9.17, 15) is 14.7 Å². The largest absolute Gasteiger partial charge is 0.480 e. The molecule has 134 valence electrons. The van der Waals surface area contributed by atoms with Gasteiger partial charge in [-0.25, -0.2) is 4.79 Å². The molecule has 2 aromatic rings. The second-order valence-corrected chi connectivity index (χ2v) is 7.24. The number of aliphatic carboxylic acids is 1. The van der Waals surface area contributed by atoms with E-state index in [0.717, 1.165) is 27.6 Å². The maximum atomic E-state index is 13.2. The van der Waals surface area contributed by atoms with Gasteiger partial charge < -0.3 is 19.9 Å². The smallest absolute Gasteiger partial charge is 0.326 e. The van der Waals surface area contributed by atoms with Gasteiger partial charge in [-0.2, -0.15) is 0 Å². The molecule has 6 heteroatoms. The Morgan fingerprint density at radius 2 is 1.84 bits per heavy atom. The highest BCUT2D eigenvalue weighted by Crippen LogP contribution is 2.30. The number of hydrogen-bond acceptors (Lipinski definition) is 3. The summed E-state index contributed by atoms with van der Waals surface area (Å²) in [4.78, 5) is 31.5. The molecular weight excluding hydrogens is 318 g/mol. The molecule has 1 aromatic heterocycles. The first-order valence-corrected chi connectivity index (χ1v) is 8.51.